The average Bonchev–Trinajstić information content (AvgIpc) is 2.25. The van der Waals surface area contributed by atoms with Crippen LogP contribution in [0.15, 0.2) is 37.1 Å². The molecule has 0 unspecified atom stereocenters. The highest BCUT2D eigenvalue weighted by molar-refractivity contribution is 5.26. The minimum atomic E-state index is 0.516. The van der Waals surface area contributed by atoms with Crippen LogP contribution in [0.2, 0.25) is 0 Å². The van der Waals surface area contributed by atoms with Crippen molar-refractivity contribution in [2.45, 2.75) is 6.54 Å². The lowest BCUT2D eigenvalue weighted by Gasteiger charge is -2.06. The van der Waals surface area contributed by atoms with E-state index in [4.69, 9.17) is 15.2 Å². The molecule has 14 heavy (non-hydrogen) atoms. The van der Waals surface area contributed by atoms with Gasteiger partial charge in [-0.2, -0.15) is 0 Å². The summed E-state index contributed by atoms with van der Waals surface area (Å²) in [6.07, 6.45) is 1.40. The molecule has 76 valence electrons. The number of hydrogen-bond acceptors (Lipinski definition) is 3. The molecule has 0 aliphatic carbocycles. The summed E-state index contributed by atoms with van der Waals surface area (Å²) >= 11 is 0. The molecule has 0 saturated carbocycles. The highest BCUT2D eigenvalue weighted by Gasteiger charge is 1.93. The lowest BCUT2D eigenvalue weighted by molar-refractivity contribution is 0.179. The highest BCUT2D eigenvalue weighted by Crippen LogP contribution is 2.11. The van der Waals surface area contributed by atoms with Gasteiger partial charge in [0, 0.05) is 6.54 Å². The second kappa shape index (κ2) is 6.05. The molecule has 0 spiro atoms. The Bertz CT molecular complexity index is 269. The standard InChI is InChI=1S/C11H15NO2/c1-2-13-7-8-14-11-5-3-10(9-12)4-6-11/h2-6H,1,7-9,12H2. The first-order chi connectivity index (χ1) is 6.86. The molecule has 1 aromatic carbocycles. The summed E-state index contributed by atoms with van der Waals surface area (Å²) in [5.74, 6) is 0.829. The van der Waals surface area contributed by atoms with Crippen molar-refractivity contribution in [2.75, 3.05) is 13.2 Å². The predicted molar refractivity (Wildman–Crippen MR) is 56.0 cm³/mol. The number of hydrogen-bond donors (Lipinski definition) is 1. The van der Waals surface area contributed by atoms with Gasteiger partial charge in [0.2, 0.25) is 0 Å². The topological polar surface area (TPSA) is 44.5 Å². The van der Waals surface area contributed by atoms with Gasteiger partial charge >= 0.3 is 0 Å². The Hall–Kier alpha value is -1.48. The van der Waals surface area contributed by atoms with Gasteiger partial charge in [-0.1, -0.05) is 18.7 Å². The Labute approximate surface area is 84.1 Å². The summed E-state index contributed by atoms with van der Waals surface area (Å²) in [7, 11) is 0. The molecule has 0 aliphatic rings. The van der Waals surface area contributed by atoms with Gasteiger partial charge in [-0.25, -0.2) is 0 Å². The van der Waals surface area contributed by atoms with Crippen molar-refractivity contribution in [3.05, 3.63) is 42.7 Å². The summed E-state index contributed by atoms with van der Waals surface area (Å²) in [6, 6.07) is 7.69. The van der Waals surface area contributed by atoms with E-state index < -0.39 is 0 Å². The molecule has 0 heterocycles. The zero-order valence-electron chi connectivity index (χ0n) is 8.11. The van der Waals surface area contributed by atoms with Crippen molar-refractivity contribution in [2.24, 2.45) is 5.73 Å². The van der Waals surface area contributed by atoms with Gasteiger partial charge in [-0.3, -0.25) is 0 Å². The number of ether oxygens (including phenoxy) is 2. The first-order valence-corrected chi connectivity index (χ1v) is 4.51. The first kappa shape index (κ1) is 10.6. The minimum absolute atomic E-state index is 0.516. The SMILES string of the molecule is C=COCCOc1ccc(CN)cc1. The second-order valence-electron chi connectivity index (χ2n) is 2.73. The molecule has 3 heteroatoms. The van der Waals surface area contributed by atoms with E-state index in [2.05, 4.69) is 6.58 Å². The molecule has 0 radical (unpaired) electrons. The molecular formula is C11H15NO2. The van der Waals surface area contributed by atoms with Crippen LogP contribution in [0.1, 0.15) is 5.56 Å². The summed E-state index contributed by atoms with van der Waals surface area (Å²) in [5.41, 5.74) is 6.56. The molecule has 1 aromatic rings. The Morgan fingerprint density at radius 1 is 1.21 bits per heavy atom. The van der Waals surface area contributed by atoms with E-state index in [1.807, 2.05) is 24.3 Å². The third kappa shape index (κ3) is 3.49. The third-order valence-corrected chi connectivity index (χ3v) is 1.75. The molecule has 0 amide bonds. The predicted octanol–water partition coefficient (Wildman–Crippen LogP) is 1.68. The molecule has 0 aliphatic heterocycles. The van der Waals surface area contributed by atoms with E-state index in [0.717, 1.165) is 11.3 Å². The Kier molecular flexibility index (Phi) is 4.58. The molecule has 0 saturated heterocycles. The first-order valence-electron chi connectivity index (χ1n) is 4.51. The Balaban J connectivity index is 2.32. The summed E-state index contributed by atoms with van der Waals surface area (Å²) in [4.78, 5) is 0. The molecule has 0 bridgehead atoms. The van der Waals surface area contributed by atoms with Gasteiger partial charge in [-0.05, 0) is 17.7 Å². The Morgan fingerprint density at radius 3 is 2.50 bits per heavy atom. The molecule has 0 fully saturated rings. The maximum Gasteiger partial charge on any atom is 0.122 e. The van der Waals surface area contributed by atoms with Crippen LogP contribution in [0.4, 0.5) is 0 Å². The second-order valence-corrected chi connectivity index (χ2v) is 2.73. The van der Waals surface area contributed by atoms with E-state index in [9.17, 15) is 0 Å². The van der Waals surface area contributed by atoms with Crippen LogP contribution in [0.3, 0.4) is 0 Å². The van der Waals surface area contributed by atoms with Crippen molar-refractivity contribution in [1.29, 1.82) is 0 Å². The van der Waals surface area contributed by atoms with Gasteiger partial charge in [0.15, 0.2) is 0 Å². The van der Waals surface area contributed by atoms with Gasteiger partial charge in [0.25, 0.3) is 0 Å². The van der Waals surface area contributed by atoms with E-state index in [1.54, 1.807) is 0 Å². The third-order valence-electron chi connectivity index (χ3n) is 1.75. The fourth-order valence-electron chi connectivity index (χ4n) is 1.01. The molecule has 1 rings (SSSR count). The fourth-order valence-corrected chi connectivity index (χ4v) is 1.01. The molecule has 0 aromatic heterocycles. The van der Waals surface area contributed by atoms with Crippen molar-refractivity contribution in [3.8, 4) is 5.75 Å². The number of rotatable bonds is 6. The maximum absolute atomic E-state index is 5.47. The van der Waals surface area contributed by atoms with E-state index >= 15 is 0 Å². The van der Waals surface area contributed by atoms with Crippen LogP contribution in [0.5, 0.6) is 5.75 Å². The monoisotopic (exact) mass is 193 g/mol. The quantitative estimate of drug-likeness (QED) is 0.552. The summed E-state index contributed by atoms with van der Waals surface area (Å²) in [5, 5.41) is 0. The Morgan fingerprint density at radius 2 is 1.93 bits per heavy atom. The number of benzene rings is 1. The zero-order chi connectivity index (χ0) is 10.2. The number of nitrogens with two attached hydrogens (primary N) is 1. The van der Waals surface area contributed by atoms with Crippen LogP contribution >= 0.6 is 0 Å². The zero-order valence-corrected chi connectivity index (χ0v) is 8.11. The highest BCUT2D eigenvalue weighted by atomic mass is 16.5. The van der Waals surface area contributed by atoms with Gasteiger partial charge < -0.3 is 15.2 Å². The lowest BCUT2D eigenvalue weighted by Crippen LogP contribution is -2.04. The van der Waals surface area contributed by atoms with E-state index in [1.165, 1.54) is 6.26 Å². The van der Waals surface area contributed by atoms with E-state index in [-0.39, 0.29) is 0 Å². The van der Waals surface area contributed by atoms with Crippen LogP contribution in [-0.2, 0) is 11.3 Å². The van der Waals surface area contributed by atoms with Crippen LogP contribution in [-0.4, -0.2) is 13.2 Å². The molecule has 3 nitrogen and oxygen atoms in total. The summed E-state index contributed by atoms with van der Waals surface area (Å²) < 4.78 is 10.3. The minimum Gasteiger partial charge on any atom is -0.498 e. The average molecular weight is 193 g/mol. The lowest BCUT2D eigenvalue weighted by atomic mass is 10.2. The molecule has 0 atom stereocenters. The van der Waals surface area contributed by atoms with Gasteiger partial charge in [0.05, 0.1) is 6.26 Å². The largest absolute Gasteiger partial charge is 0.498 e. The fraction of sp³-hybridized carbons (Fsp3) is 0.273. The van der Waals surface area contributed by atoms with Crippen LogP contribution in [0, 0.1) is 0 Å². The normalized spacial score (nSPS) is 9.50. The maximum atomic E-state index is 5.47. The van der Waals surface area contributed by atoms with Crippen LogP contribution in [0.25, 0.3) is 0 Å². The van der Waals surface area contributed by atoms with Gasteiger partial charge in [-0.15, -0.1) is 0 Å². The van der Waals surface area contributed by atoms with Crippen molar-refractivity contribution in [3.63, 3.8) is 0 Å². The van der Waals surface area contributed by atoms with Crippen molar-refractivity contribution >= 4 is 0 Å². The molecule has 2 N–H and O–H groups in total. The van der Waals surface area contributed by atoms with Crippen LogP contribution < -0.4 is 10.5 Å². The van der Waals surface area contributed by atoms with Gasteiger partial charge in [0.1, 0.15) is 19.0 Å². The molecular weight excluding hydrogens is 178 g/mol. The van der Waals surface area contributed by atoms with E-state index in [0.29, 0.717) is 19.8 Å². The summed E-state index contributed by atoms with van der Waals surface area (Å²) in [6.45, 7) is 5.03. The smallest absolute Gasteiger partial charge is 0.122 e. The van der Waals surface area contributed by atoms with Crippen molar-refractivity contribution in [1.82, 2.24) is 0 Å². The van der Waals surface area contributed by atoms with Crippen molar-refractivity contribution < 1.29 is 9.47 Å².